The minimum atomic E-state index is -0.0585. The molecule has 3 aromatic rings. The van der Waals surface area contributed by atoms with Crippen molar-refractivity contribution in [3.05, 3.63) is 24.4 Å². The zero-order valence-electron chi connectivity index (χ0n) is 10.1. The maximum atomic E-state index is 9.89. The van der Waals surface area contributed by atoms with Crippen LogP contribution < -0.4 is 5.73 Å². The van der Waals surface area contributed by atoms with Gasteiger partial charge in [-0.3, -0.25) is 0 Å². The van der Waals surface area contributed by atoms with Crippen LogP contribution >= 0.6 is 0 Å². The fourth-order valence-electron chi connectivity index (χ4n) is 1.97. The van der Waals surface area contributed by atoms with E-state index in [1.54, 1.807) is 24.0 Å². The van der Waals surface area contributed by atoms with Gasteiger partial charge in [0.05, 0.1) is 5.39 Å². The topological polar surface area (TPSA) is 110 Å². The van der Waals surface area contributed by atoms with Crippen LogP contribution in [0, 0.1) is 0 Å². The Hall–Kier alpha value is -2.83. The van der Waals surface area contributed by atoms with Crippen LogP contribution in [-0.4, -0.2) is 30.0 Å². The number of anilines is 1. The second kappa shape index (κ2) is 3.84. The maximum absolute atomic E-state index is 9.89. The Labute approximate surface area is 108 Å². The average Bonchev–Trinajstić information content (AvgIpc) is 2.66. The normalized spacial score (nSPS) is 11.0. The summed E-state index contributed by atoms with van der Waals surface area (Å²) in [7, 11) is 1.73. The molecule has 2 heterocycles. The predicted molar refractivity (Wildman–Crippen MR) is 69.5 cm³/mol. The molecule has 0 aliphatic carbocycles. The Morgan fingerprint density at radius 1 is 1.26 bits per heavy atom. The first kappa shape index (κ1) is 11.3. The summed E-state index contributed by atoms with van der Waals surface area (Å²) in [4.78, 5) is 8.04. The van der Waals surface area contributed by atoms with Gasteiger partial charge in [-0.15, -0.1) is 0 Å². The van der Waals surface area contributed by atoms with E-state index in [0.29, 0.717) is 22.3 Å². The molecule has 0 atom stereocenters. The number of hydrogen-bond donors (Lipinski definition) is 3. The second-order valence-electron chi connectivity index (χ2n) is 4.14. The molecule has 1 aromatic carbocycles. The fraction of sp³-hybridized carbons (Fsp3) is 0.0833. The van der Waals surface area contributed by atoms with Crippen molar-refractivity contribution in [3.8, 4) is 22.8 Å². The Balaban J connectivity index is 2.31. The molecule has 7 nitrogen and oxygen atoms in total. The minimum absolute atomic E-state index is 0.0121. The molecule has 0 aliphatic rings. The summed E-state index contributed by atoms with van der Waals surface area (Å²) in [5.41, 5.74) is 7.16. The van der Waals surface area contributed by atoms with Crippen LogP contribution in [0.4, 0.5) is 5.95 Å². The molecule has 0 unspecified atom stereocenters. The van der Waals surface area contributed by atoms with Crippen molar-refractivity contribution in [3.63, 3.8) is 0 Å². The van der Waals surface area contributed by atoms with Crippen molar-refractivity contribution in [2.45, 2.75) is 0 Å². The number of benzene rings is 1. The van der Waals surface area contributed by atoms with Crippen LogP contribution in [0.5, 0.6) is 11.5 Å². The largest absolute Gasteiger partial charge is 0.508 e. The first-order valence-electron chi connectivity index (χ1n) is 5.54. The third kappa shape index (κ3) is 1.71. The van der Waals surface area contributed by atoms with E-state index in [-0.39, 0.29) is 17.4 Å². The Morgan fingerprint density at radius 3 is 2.79 bits per heavy atom. The monoisotopic (exact) mass is 257 g/mol. The van der Waals surface area contributed by atoms with E-state index in [4.69, 9.17) is 5.73 Å². The van der Waals surface area contributed by atoms with E-state index in [2.05, 4.69) is 15.1 Å². The molecule has 3 rings (SSSR count). The van der Waals surface area contributed by atoms with Crippen LogP contribution in [0.1, 0.15) is 0 Å². The molecule has 0 radical (unpaired) electrons. The van der Waals surface area contributed by atoms with Crippen LogP contribution in [0.15, 0.2) is 24.4 Å². The summed E-state index contributed by atoms with van der Waals surface area (Å²) in [6.45, 7) is 0. The lowest BCUT2D eigenvalue weighted by atomic mass is 10.1. The van der Waals surface area contributed by atoms with Crippen LogP contribution in [0.3, 0.4) is 0 Å². The van der Waals surface area contributed by atoms with Crippen molar-refractivity contribution < 1.29 is 10.2 Å². The van der Waals surface area contributed by atoms with Crippen LogP contribution in [-0.2, 0) is 7.05 Å². The molecule has 0 aliphatic heterocycles. The molecule has 0 saturated carbocycles. The Kier molecular flexibility index (Phi) is 2.28. The van der Waals surface area contributed by atoms with Gasteiger partial charge in [0, 0.05) is 24.9 Å². The summed E-state index contributed by atoms with van der Waals surface area (Å²) in [5.74, 6) is 0.0933. The number of hydrogen-bond acceptors (Lipinski definition) is 6. The fourth-order valence-corrected chi connectivity index (χ4v) is 1.97. The van der Waals surface area contributed by atoms with Crippen molar-refractivity contribution in [2.24, 2.45) is 7.05 Å². The minimum Gasteiger partial charge on any atom is -0.508 e. The number of aryl methyl sites for hydroxylation is 1. The molecule has 0 bridgehead atoms. The van der Waals surface area contributed by atoms with Gasteiger partial charge >= 0.3 is 0 Å². The smallest absolute Gasteiger partial charge is 0.222 e. The highest BCUT2D eigenvalue weighted by atomic mass is 16.3. The quantitative estimate of drug-likeness (QED) is 0.600. The Bertz CT molecular complexity index is 781. The van der Waals surface area contributed by atoms with Gasteiger partial charge in [0.25, 0.3) is 0 Å². The molecule has 0 saturated heterocycles. The maximum Gasteiger partial charge on any atom is 0.222 e. The van der Waals surface area contributed by atoms with Gasteiger partial charge in [-0.25, -0.2) is 9.67 Å². The number of phenolic OH excluding ortho intramolecular Hbond substituents is 2. The lowest BCUT2D eigenvalue weighted by Gasteiger charge is -2.02. The highest BCUT2D eigenvalue weighted by Crippen LogP contribution is 2.34. The molecule has 96 valence electrons. The Morgan fingerprint density at radius 2 is 2.05 bits per heavy atom. The van der Waals surface area contributed by atoms with E-state index in [9.17, 15) is 10.2 Å². The van der Waals surface area contributed by atoms with Crippen LogP contribution in [0.25, 0.3) is 22.3 Å². The molecule has 0 spiro atoms. The number of aromatic nitrogens is 4. The highest BCUT2D eigenvalue weighted by Gasteiger charge is 2.15. The number of fused-ring (bicyclic) bond motifs is 1. The number of aromatic hydroxyl groups is 2. The van der Waals surface area contributed by atoms with E-state index in [1.807, 2.05) is 0 Å². The lowest BCUT2D eigenvalue weighted by Crippen LogP contribution is -1.97. The SMILES string of the molecule is Cn1nc(-c2ccc(O)cc2O)c2cnc(N)nc21. The molecule has 7 heteroatoms. The van der Waals surface area contributed by atoms with Crippen molar-refractivity contribution in [1.29, 1.82) is 0 Å². The third-order valence-corrected chi connectivity index (χ3v) is 2.84. The highest BCUT2D eigenvalue weighted by molar-refractivity contribution is 5.92. The standard InChI is InChI=1S/C12H11N5O2/c1-17-11-8(5-14-12(13)15-11)10(16-17)7-3-2-6(18)4-9(7)19/h2-5,18-19H,1H3,(H2,13,14,15). The first-order chi connectivity index (χ1) is 9.06. The van der Waals surface area contributed by atoms with Gasteiger partial charge in [-0.05, 0) is 12.1 Å². The van der Waals surface area contributed by atoms with E-state index in [0.717, 1.165) is 0 Å². The zero-order chi connectivity index (χ0) is 13.6. The predicted octanol–water partition coefficient (Wildman–Crippen LogP) is 1.02. The van der Waals surface area contributed by atoms with Gasteiger partial charge in [-0.1, -0.05) is 0 Å². The molecule has 4 N–H and O–H groups in total. The molecular formula is C12H11N5O2. The molecule has 19 heavy (non-hydrogen) atoms. The van der Waals surface area contributed by atoms with Gasteiger partial charge in [0.15, 0.2) is 5.65 Å². The van der Waals surface area contributed by atoms with Gasteiger partial charge in [0.2, 0.25) is 5.95 Å². The van der Waals surface area contributed by atoms with Crippen molar-refractivity contribution >= 4 is 17.0 Å². The zero-order valence-corrected chi connectivity index (χ0v) is 10.1. The summed E-state index contributed by atoms with van der Waals surface area (Å²) >= 11 is 0. The molecular weight excluding hydrogens is 246 g/mol. The number of rotatable bonds is 1. The van der Waals surface area contributed by atoms with Gasteiger partial charge in [0.1, 0.15) is 17.2 Å². The number of nitrogens with two attached hydrogens (primary N) is 1. The van der Waals surface area contributed by atoms with Gasteiger partial charge < -0.3 is 15.9 Å². The number of nitrogens with zero attached hydrogens (tertiary/aromatic N) is 4. The molecule has 2 aromatic heterocycles. The van der Waals surface area contributed by atoms with Crippen LogP contribution in [0.2, 0.25) is 0 Å². The summed E-state index contributed by atoms with van der Waals surface area (Å²) in [6.07, 6.45) is 1.56. The first-order valence-corrected chi connectivity index (χ1v) is 5.54. The second-order valence-corrected chi connectivity index (χ2v) is 4.14. The number of phenols is 2. The molecule has 0 amide bonds. The van der Waals surface area contributed by atoms with E-state index < -0.39 is 0 Å². The van der Waals surface area contributed by atoms with Crippen molar-refractivity contribution in [2.75, 3.05) is 5.73 Å². The van der Waals surface area contributed by atoms with Crippen molar-refractivity contribution in [1.82, 2.24) is 19.7 Å². The average molecular weight is 257 g/mol. The summed E-state index contributed by atoms with van der Waals surface area (Å²) in [6, 6.07) is 4.32. The number of nitrogen functional groups attached to an aromatic ring is 1. The summed E-state index contributed by atoms with van der Waals surface area (Å²) in [5, 5.41) is 24.2. The van der Waals surface area contributed by atoms with E-state index >= 15 is 0 Å². The molecule has 0 fully saturated rings. The summed E-state index contributed by atoms with van der Waals surface area (Å²) < 4.78 is 1.56. The van der Waals surface area contributed by atoms with Gasteiger partial charge in [-0.2, -0.15) is 10.1 Å². The third-order valence-electron chi connectivity index (χ3n) is 2.84. The van der Waals surface area contributed by atoms with E-state index in [1.165, 1.54) is 12.1 Å². The lowest BCUT2D eigenvalue weighted by molar-refractivity contribution is 0.451.